The zero-order valence-corrected chi connectivity index (χ0v) is 11.9. The zero-order chi connectivity index (χ0) is 12.5. The lowest BCUT2D eigenvalue weighted by molar-refractivity contribution is 0.637. The van der Waals surface area contributed by atoms with Gasteiger partial charge in [0.2, 0.25) is 0 Å². The first kappa shape index (κ1) is 18.4. The molecule has 0 N–H and O–H groups in total. The van der Waals surface area contributed by atoms with Crippen LogP contribution >= 0.6 is 0 Å². The summed E-state index contributed by atoms with van der Waals surface area (Å²) in [6, 6.07) is 0. The molecule has 0 heteroatoms. The van der Waals surface area contributed by atoms with Crippen molar-refractivity contribution < 1.29 is 0 Å². The normalized spacial score (nSPS) is 9.75. The Hall–Kier alpha value is 0. The quantitative estimate of drug-likeness (QED) is 0.380. The molecule has 0 saturated carbocycles. The molecule has 0 aromatic rings. The summed E-state index contributed by atoms with van der Waals surface area (Å²) in [5.41, 5.74) is 0. The molecular formula is C16H34. The SMILES string of the molecule is [CH2]CCCCCCC.[CH2]CCCCCCC. The van der Waals surface area contributed by atoms with Crippen LogP contribution in [0.2, 0.25) is 0 Å². The smallest absolute Gasteiger partial charge is 0.0533 e. The fourth-order valence-electron chi connectivity index (χ4n) is 1.56. The lowest BCUT2D eigenvalue weighted by atomic mass is 10.1. The molecule has 0 atom stereocenters. The maximum Gasteiger partial charge on any atom is -0.0533 e. The summed E-state index contributed by atoms with van der Waals surface area (Å²) in [6.07, 6.45) is 16.0. The molecule has 0 aromatic heterocycles. The first-order valence-corrected chi connectivity index (χ1v) is 7.41. The number of hydrogen-bond donors (Lipinski definition) is 0. The fourth-order valence-corrected chi connectivity index (χ4v) is 1.56. The van der Waals surface area contributed by atoms with Crippen LogP contribution in [0.15, 0.2) is 0 Å². The first-order valence-electron chi connectivity index (χ1n) is 7.41. The highest BCUT2D eigenvalue weighted by molar-refractivity contribution is 4.44. The molecule has 0 aliphatic heterocycles. The largest absolute Gasteiger partial charge is 0.0654 e. The molecule has 98 valence electrons. The summed E-state index contributed by atoms with van der Waals surface area (Å²) in [7, 11) is 0. The van der Waals surface area contributed by atoms with Gasteiger partial charge in [-0.3, -0.25) is 0 Å². The highest BCUT2D eigenvalue weighted by Crippen LogP contribution is 2.03. The molecular weight excluding hydrogens is 192 g/mol. The van der Waals surface area contributed by atoms with Crippen molar-refractivity contribution in [3.05, 3.63) is 13.8 Å². The average molecular weight is 226 g/mol. The lowest BCUT2D eigenvalue weighted by Gasteiger charge is -1.93. The standard InChI is InChI=1S/2C8H17/c2*1-3-5-7-8-6-4-2/h2*1,3-8H2,2H3. The van der Waals surface area contributed by atoms with E-state index in [1.807, 2.05) is 0 Å². The molecule has 0 rings (SSSR count). The van der Waals surface area contributed by atoms with Gasteiger partial charge in [-0.1, -0.05) is 105 Å². The van der Waals surface area contributed by atoms with E-state index in [1.54, 1.807) is 0 Å². The lowest BCUT2D eigenvalue weighted by Crippen LogP contribution is -1.74. The molecule has 0 aromatic carbocycles. The second-order valence-corrected chi connectivity index (χ2v) is 4.54. The van der Waals surface area contributed by atoms with E-state index in [0.717, 1.165) is 12.8 Å². The van der Waals surface area contributed by atoms with Gasteiger partial charge < -0.3 is 0 Å². The van der Waals surface area contributed by atoms with Crippen LogP contribution in [0.3, 0.4) is 0 Å². The molecule has 0 fully saturated rings. The summed E-state index contributed by atoms with van der Waals surface area (Å²) >= 11 is 0. The average Bonchev–Trinajstić information content (AvgIpc) is 2.31. The predicted octanol–water partition coefficient (Wildman–Crippen LogP) is 6.36. The van der Waals surface area contributed by atoms with Crippen LogP contribution in [0.5, 0.6) is 0 Å². The van der Waals surface area contributed by atoms with Crippen molar-refractivity contribution in [1.29, 1.82) is 0 Å². The highest BCUT2D eigenvalue weighted by atomic mass is 13.9. The van der Waals surface area contributed by atoms with Gasteiger partial charge in [0.25, 0.3) is 0 Å². The second-order valence-electron chi connectivity index (χ2n) is 4.54. The van der Waals surface area contributed by atoms with Crippen LogP contribution in [0.25, 0.3) is 0 Å². The Labute approximate surface area is 105 Å². The molecule has 0 bridgehead atoms. The Morgan fingerprint density at radius 1 is 0.500 bits per heavy atom. The van der Waals surface area contributed by atoms with Gasteiger partial charge in [-0.15, -0.1) is 0 Å². The van der Waals surface area contributed by atoms with Crippen LogP contribution < -0.4 is 0 Å². The van der Waals surface area contributed by atoms with E-state index in [1.165, 1.54) is 64.2 Å². The van der Waals surface area contributed by atoms with Crippen molar-refractivity contribution in [2.24, 2.45) is 0 Å². The van der Waals surface area contributed by atoms with Crippen LogP contribution in [-0.4, -0.2) is 0 Å². The Bertz CT molecular complexity index is 62.0. The molecule has 2 radical (unpaired) electrons. The molecule has 0 unspecified atom stereocenters. The topological polar surface area (TPSA) is 0 Å². The van der Waals surface area contributed by atoms with Gasteiger partial charge in [0.1, 0.15) is 0 Å². The highest BCUT2D eigenvalue weighted by Gasteiger charge is 1.84. The van der Waals surface area contributed by atoms with Crippen molar-refractivity contribution in [3.8, 4) is 0 Å². The van der Waals surface area contributed by atoms with Gasteiger partial charge in [-0.2, -0.15) is 0 Å². The van der Waals surface area contributed by atoms with Crippen molar-refractivity contribution in [2.75, 3.05) is 0 Å². The zero-order valence-electron chi connectivity index (χ0n) is 11.9. The van der Waals surface area contributed by atoms with Crippen molar-refractivity contribution >= 4 is 0 Å². The van der Waals surface area contributed by atoms with Crippen LogP contribution in [0.1, 0.15) is 90.9 Å². The minimum atomic E-state index is 1.11. The minimum Gasteiger partial charge on any atom is -0.0654 e. The Kier molecular flexibility index (Phi) is 23.4. The Balaban J connectivity index is 0. The van der Waals surface area contributed by atoms with Gasteiger partial charge >= 0.3 is 0 Å². The molecule has 0 saturated heterocycles. The molecule has 0 aliphatic carbocycles. The van der Waals surface area contributed by atoms with E-state index in [9.17, 15) is 0 Å². The minimum absolute atomic E-state index is 1.11. The molecule has 0 spiro atoms. The summed E-state index contributed by atoms with van der Waals surface area (Å²) in [5.74, 6) is 0. The van der Waals surface area contributed by atoms with Gasteiger partial charge in [0, 0.05) is 0 Å². The van der Waals surface area contributed by atoms with Gasteiger partial charge in [-0.25, -0.2) is 0 Å². The van der Waals surface area contributed by atoms with E-state index in [4.69, 9.17) is 0 Å². The summed E-state index contributed by atoms with van der Waals surface area (Å²) in [5, 5.41) is 0. The van der Waals surface area contributed by atoms with Gasteiger partial charge in [0.15, 0.2) is 0 Å². The molecule has 0 aliphatic rings. The molecule has 0 heterocycles. The van der Waals surface area contributed by atoms with E-state index in [0.29, 0.717) is 0 Å². The van der Waals surface area contributed by atoms with Crippen molar-refractivity contribution in [2.45, 2.75) is 90.9 Å². The van der Waals surface area contributed by atoms with E-state index < -0.39 is 0 Å². The Morgan fingerprint density at radius 2 is 0.812 bits per heavy atom. The van der Waals surface area contributed by atoms with Gasteiger partial charge in [-0.05, 0) is 0 Å². The predicted molar refractivity (Wildman–Crippen MR) is 77.5 cm³/mol. The Morgan fingerprint density at radius 3 is 1.06 bits per heavy atom. The van der Waals surface area contributed by atoms with E-state index >= 15 is 0 Å². The molecule has 16 heavy (non-hydrogen) atoms. The molecule has 0 nitrogen and oxygen atoms in total. The number of unbranched alkanes of at least 4 members (excludes halogenated alkanes) is 10. The van der Waals surface area contributed by atoms with E-state index in [-0.39, 0.29) is 0 Å². The number of hydrogen-bond acceptors (Lipinski definition) is 0. The second kappa shape index (κ2) is 20.4. The maximum atomic E-state index is 3.78. The van der Waals surface area contributed by atoms with Crippen molar-refractivity contribution in [1.82, 2.24) is 0 Å². The van der Waals surface area contributed by atoms with E-state index in [2.05, 4.69) is 27.7 Å². The van der Waals surface area contributed by atoms with Crippen molar-refractivity contribution in [3.63, 3.8) is 0 Å². The van der Waals surface area contributed by atoms with Crippen LogP contribution in [-0.2, 0) is 0 Å². The third-order valence-corrected chi connectivity index (χ3v) is 2.71. The number of rotatable bonds is 10. The summed E-state index contributed by atoms with van der Waals surface area (Å²) in [6.45, 7) is 12.0. The maximum absolute atomic E-state index is 3.78. The monoisotopic (exact) mass is 226 g/mol. The van der Waals surface area contributed by atoms with Crippen LogP contribution in [0.4, 0.5) is 0 Å². The third kappa shape index (κ3) is 23.7. The first-order chi connectivity index (χ1) is 7.83. The molecule has 0 amide bonds. The summed E-state index contributed by atoms with van der Waals surface area (Å²) in [4.78, 5) is 0. The fraction of sp³-hybridized carbons (Fsp3) is 0.875. The third-order valence-electron chi connectivity index (χ3n) is 2.71. The summed E-state index contributed by atoms with van der Waals surface area (Å²) < 4.78 is 0. The van der Waals surface area contributed by atoms with Gasteiger partial charge in [0.05, 0.1) is 0 Å². The van der Waals surface area contributed by atoms with Crippen LogP contribution in [0, 0.1) is 13.8 Å².